The van der Waals surface area contributed by atoms with Crippen LogP contribution in [0.1, 0.15) is 37.8 Å². The molecule has 0 fully saturated rings. The largest absolute Gasteiger partial charge is 0.368 e. The standard InChI is InChI=1S/C23H27N3O/c1-18(2)25-22-12-10-19(17-24-22)11-13-23(27)26-15-6-9-21(14-16-26)20-7-4-3-5-8-20/h3-5,7-13,17-18H,6,14-16H2,1-2H3,(H,24,25)/b13-11+. The van der Waals surface area contributed by atoms with Crippen molar-refractivity contribution in [1.29, 1.82) is 0 Å². The van der Waals surface area contributed by atoms with E-state index in [1.807, 2.05) is 29.2 Å². The Bertz CT molecular complexity index is 807. The topological polar surface area (TPSA) is 45.2 Å². The molecule has 2 aromatic rings. The summed E-state index contributed by atoms with van der Waals surface area (Å²) in [4.78, 5) is 18.9. The Kier molecular flexibility index (Phi) is 6.42. The summed E-state index contributed by atoms with van der Waals surface area (Å²) in [5.41, 5.74) is 3.51. The molecule has 0 atom stereocenters. The van der Waals surface area contributed by atoms with Crippen molar-refractivity contribution in [2.75, 3.05) is 18.4 Å². The summed E-state index contributed by atoms with van der Waals surface area (Å²) in [6.45, 7) is 5.66. The molecule has 0 saturated heterocycles. The first kappa shape index (κ1) is 18.9. The first-order chi connectivity index (χ1) is 13.1. The molecular formula is C23H27N3O. The maximum absolute atomic E-state index is 12.6. The predicted octanol–water partition coefficient (Wildman–Crippen LogP) is 4.62. The highest BCUT2D eigenvalue weighted by atomic mass is 16.2. The predicted molar refractivity (Wildman–Crippen MR) is 112 cm³/mol. The SMILES string of the molecule is CC(C)Nc1ccc(/C=C/C(=O)N2CCC=C(c3ccccc3)CC2)cn1. The second-order valence-electron chi connectivity index (χ2n) is 7.07. The lowest BCUT2D eigenvalue weighted by Crippen LogP contribution is -2.30. The lowest BCUT2D eigenvalue weighted by molar-refractivity contribution is -0.125. The molecule has 0 bridgehead atoms. The number of amides is 1. The molecule has 4 heteroatoms. The number of rotatable bonds is 5. The Morgan fingerprint density at radius 3 is 2.67 bits per heavy atom. The fourth-order valence-electron chi connectivity index (χ4n) is 3.16. The molecule has 1 aromatic heterocycles. The molecule has 1 N–H and O–H groups in total. The maximum Gasteiger partial charge on any atom is 0.246 e. The number of benzene rings is 1. The van der Waals surface area contributed by atoms with Crippen LogP contribution >= 0.6 is 0 Å². The Morgan fingerprint density at radius 2 is 1.96 bits per heavy atom. The number of carbonyl (C=O) groups excluding carboxylic acids is 1. The molecule has 1 aromatic carbocycles. The van der Waals surface area contributed by atoms with Crippen LogP contribution < -0.4 is 5.32 Å². The zero-order valence-corrected chi connectivity index (χ0v) is 16.1. The van der Waals surface area contributed by atoms with Crippen LogP contribution in [0.5, 0.6) is 0 Å². The number of aromatic nitrogens is 1. The minimum Gasteiger partial charge on any atom is -0.368 e. The van der Waals surface area contributed by atoms with Gasteiger partial charge < -0.3 is 10.2 Å². The van der Waals surface area contributed by atoms with Crippen molar-refractivity contribution in [3.8, 4) is 0 Å². The van der Waals surface area contributed by atoms with Crippen LogP contribution in [0.2, 0.25) is 0 Å². The summed E-state index contributed by atoms with van der Waals surface area (Å²) in [5, 5.41) is 3.26. The van der Waals surface area contributed by atoms with Gasteiger partial charge in [-0.3, -0.25) is 4.79 Å². The summed E-state index contributed by atoms with van der Waals surface area (Å²) in [6, 6.07) is 14.7. The van der Waals surface area contributed by atoms with Gasteiger partial charge in [-0.15, -0.1) is 0 Å². The van der Waals surface area contributed by atoms with Crippen molar-refractivity contribution in [2.24, 2.45) is 0 Å². The van der Waals surface area contributed by atoms with Gasteiger partial charge in [-0.1, -0.05) is 36.4 Å². The molecule has 4 nitrogen and oxygen atoms in total. The summed E-state index contributed by atoms with van der Waals surface area (Å²) in [6.07, 6.45) is 9.31. The number of hydrogen-bond donors (Lipinski definition) is 1. The monoisotopic (exact) mass is 361 g/mol. The Balaban J connectivity index is 1.56. The molecule has 0 spiro atoms. The molecule has 2 heterocycles. The number of hydrogen-bond acceptors (Lipinski definition) is 3. The van der Waals surface area contributed by atoms with Crippen LogP contribution in [0.25, 0.3) is 11.6 Å². The van der Waals surface area contributed by atoms with Gasteiger partial charge in [0.2, 0.25) is 5.91 Å². The van der Waals surface area contributed by atoms with Crippen molar-refractivity contribution in [3.05, 3.63) is 71.9 Å². The van der Waals surface area contributed by atoms with Gasteiger partial charge in [0.1, 0.15) is 5.82 Å². The number of anilines is 1. The summed E-state index contributed by atoms with van der Waals surface area (Å²) < 4.78 is 0. The van der Waals surface area contributed by atoms with Gasteiger partial charge in [-0.2, -0.15) is 0 Å². The number of nitrogens with one attached hydrogen (secondary N) is 1. The summed E-state index contributed by atoms with van der Waals surface area (Å²) in [7, 11) is 0. The van der Waals surface area contributed by atoms with E-state index in [0.29, 0.717) is 6.04 Å². The van der Waals surface area contributed by atoms with Crippen molar-refractivity contribution in [1.82, 2.24) is 9.88 Å². The quantitative estimate of drug-likeness (QED) is 0.790. The van der Waals surface area contributed by atoms with E-state index in [1.54, 1.807) is 12.3 Å². The zero-order valence-electron chi connectivity index (χ0n) is 16.1. The van der Waals surface area contributed by atoms with Crippen molar-refractivity contribution in [2.45, 2.75) is 32.7 Å². The Morgan fingerprint density at radius 1 is 1.15 bits per heavy atom. The molecule has 1 amide bonds. The Labute approximate surface area is 161 Å². The average molecular weight is 361 g/mol. The fourth-order valence-corrected chi connectivity index (χ4v) is 3.16. The van der Waals surface area contributed by atoms with E-state index in [0.717, 1.165) is 37.3 Å². The van der Waals surface area contributed by atoms with Crippen LogP contribution in [-0.2, 0) is 4.79 Å². The van der Waals surface area contributed by atoms with E-state index in [2.05, 4.69) is 54.5 Å². The van der Waals surface area contributed by atoms with E-state index in [9.17, 15) is 4.79 Å². The van der Waals surface area contributed by atoms with Gasteiger partial charge in [0.25, 0.3) is 0 Å². The third kappa shape index (κ3) is 5.55. The molecule has 27 heavy (non-hydrogen) atoms. The van der Waals surface area contributed by atoms with Gasteiger partial charge in [0.05, 0.1) is 0 Å². The molecule has 140 valence electrons. The minimum atomic E-state index is 0.0575. The molecule has 3 rings (SSSR count). The average Bonchev–Trinajstić information content (AvgIpc) is 2.94. The highest BCUT2D eigenvalue weighted by Gasteiger charge is 2.14. The number of carbonyl (C=O) groups is 1. The molecule has 0 aliphatic carbocycles. The minimum absolute atomic E-state index is 0.0575. The normalized spacial score (nSPS) is 14.9. The van der Waals surface area contributed by atoms with Gasteiger partial charge >= 0.3 is 0 Å². The molecule has 1 aliphatic rings. The van der Waals surface area contributed by atoms with Gasteiger partial charge in [-0.05, 0) is 61.6 Å². The summed E-state index contributed by atoms with van der Waals surface area (Å²) in [5.74, 6) is 0.905. The third-order valence-electron chi connectivity index (χ3n) is 4.54. The van der Waals surface area contributed by atoms with Crippen LogP contribution in [0.4, 0.5) is 5.82 Å². The maximum atomic E-state index is 12.6. The molecule has 0 unspecified atom stereocenters. The van der Waals surface area contributed by atoms with Gasteiger partial charge in [0, 0.05) is 31.4 Å². The van der Waals surface area contributed by atoms with Crippen molar-refractivity contribution < 1.29 is 4.79 Å². The van der Waals surface area contributed by atoms with E-state index in [4.69, 9.17) is 0 Å². The van der Waals surface area contributed by atoms with Gasteiger partial charge in [-0.25, -0.2) is 4.98 Å². The third-order valence-corrected chi connectivity index (χ3v) is 4.54. The zero-order chi connectivity index (χ0) is 19.1. The highest BCUT2D eigenvalue weighted by Crippen LogP contribution is 2.22. The summed E-state index contributed by atoms with van der Waals surface area (Å²) >= 11 is 0. The van der Waals surface area contributed by atoms with Crippen molar-refractivity contribution in [3.63, 3.8) is 0 Å². The van der Waals surface area contributed by atoms with E-state index >= 15 is 0 Å². The number of nitrogens with zero attached hydrogens (tertiary/aromatic N) is 2. The van der Waals surface area contributed by atoms with E-state index < -0.39 is 0 Å². The van der Waals surface area contributed by atoms with E-state index in [-0.39, 0.29) is 5.91 Å². The van der Waals surface area contributed by atoms with Crippen molar-refractivity contribution >= 4 is 23.4 Å². The number of pyridine rings is 1. The Hall–Kier alpha value is -2.88. The smallest absolute Gasteiger partial charge is 0.246 e. The van der Waals surface area contributed by atoms with Crippen LogP contribution in [0, 0.1) is 0 Å². The molecule has 1 aliphatic heterocycles. The molecule has 0 saturated carbocycles. The molecular weight excluding hydrogens is 334 g/mol. The lowest BCUT2D eigenvalue weighted by atomic mass is 10.0. The first-order valence-electron chi connectivity index (χ1n) is 9.56. The lowest BCUT2D eigenvalue weighted by Gasteiger charge is -2.18. The second kappa shape index (κ2) is 9.17. The first-order valence-corrected chi connectivity index (χ1v) is 9.56. The van der Waals surface area contributed by atoms with Crippen LogP contribution in [-0.4, -0.2) is 34.9 Å². The fraction of sp³-hybridized carbons (Fsp3) is 0.304. The highest BCUT2D eigenvalue weighted by molar-refractivity contribution is 5.92. The van der Waals surface area contributed by atoms with Gasteiger partial charge in [0.15, 0.2) is 0 Å². The second-order valence-corrected chi connectivity index (χ2v) is 7.07. The van der Waals surface area contributed by atoms with Crippen LogP contribution in [0.3, 0.4) is 0 Å². The molecule has 0 radical (unpaired) electrons. The van der Waals surface area contributed by atoms with Crippen LogP contribution in [0.15, 0.2) is 60.8 Å². The van der Waals surface area contributed by atoms with E-state index in [1.165, 1.54) is 11.1 Å².